The molecule has 3 rings (SSSR count). The first-order valence-corrected chi connectivity index (χ1v) is 10.8. The number of carbonyl (C=O) groups is 2. The number of aromatic nitrogens is 3. The minimum atomic E-state index is -0.226. The van der Waals surface area contributed by atoms with Gasteiger partial charge in [0, 0.05) is 11.3 Å². The molecule has 0 unspecified atom stereocenters. The molecule has 2 amide bonds. The van der Waals surface area contributed by atoms with Crippen LogP contribution in [0.1, 0.15) is 41.5 Å². The van der Waals surface area contributed by atoms with Gasteiger partial charge in [0.1, 0.15) is 11.6 Å². The Morgan fingerprint density at radius 1 is 1.10 bits per heavy atom. The molecule has 0 bridgehead atoms. The maximum absolute atomic E-state index is 12.2. The lowest BCUT2D eigenvalue weighted by atomic mass is 10.0. The van der Waals surface area contributed by atoms with E-state index in [1.165, 1.54) is 17.3 Å². The second-order valence-electron chi connectivity index (χ2n) is 7.09. The number of amides is 2. The zero-order valence-electron chi connectivity index (χ0n) is 17.6. The average molecular weight is 440 g/mol. The standard InChI is InChI=1S/C22H25N5O3S/c1-14(2)15-4-8-17(9-5-15)24-20(28)13-31-22-25-19(26-27-22)12-23-21(29)16-6-10-18(30-3)11-7-16/h4-11,14H,12-13H2,1-3H3,(H,23,29)(H,24,28)(H,25,26,27). The fraction of sp³-hybridized carbons (Fsp3) is 0.273. The van der Waals surface area contributed by atoms with Crippen molar-refractivity contribution in [3.63, 3.8) is 0 Å². The van der Waals surface area contributed by atoms with Gasteiger partial charge in [0.2, 0.25) is 11.1 Å². The van der Waals surface area contributed by atoms with Crippen molar-refractivity contribution in [1.29, 1.82) is 0 Å². The Hall–Kier alpha value is -3.33. The summed E-state index contributed by atoms with van der Waals surface area (Å²) in [5.74, 6) is 1.46. The number of carbonyl (C=O) groups excluding carboxylic acids is 2. The molecule has 2 aromatic carbocycles. The lowest BCUT2D eigenvalue weighted by Crippen LogP contribution is -2.23. The Balaban J connectivity index is 1.43. The molecule has 31 heavy (non-hydrogen) atoms. The zero-order chi connectivity index (χ0) is 22.2. The van der Waals surface area contributed by atoms with Gasteiger partial charge >= 0.3 is 0 Å². The maximum atomic E-state index is 12.2. The van der Waals surface area contributed by atoms with E-state index in [0.29, 0.717) is 28.2 Å². The van der Waals surface area contributed by atoms with Crippen LogP contribution >= 0.6 is 11.8 Å². The molecule has 9 heteroatoms. The molecule has 1 aromatic heterocycles. The fourth-order valence-corrected chi connectivity index (χ4v) is 3.33. The first-order chi connectivity index (χ1) is 14.9. The van der Waals surface area contributed by atoms with E-state index in [0.717, 1.165) is 5.69 Å². The molecule has 0 radical (unpaired) electrons. The summed E-state index contributed by atoms with van der Waals surface area (Å²) in [7, 11) is 1.57. The van der Waals surface area contributed by atoms with Crippen molar-refractivity contribution in [3.05, 3.63) is 65.5 Å². The quantitative estimate of drug-likeness (QED) is 0.440. The lowest BCUT2D eigenvalue weighted by molar-refractivity contribution is -0.113. The number of benzene rings is 2. The third-order valence-corrected chi connectivity index (χ3v) is 5.32. The van der Waals surface area contributed by atoms with Crippen molar-refractivity contribution in [2.45, 2.75) is 31.5 Å². The number of aromatic amines is 1. The van der Waals surface area contributed by atoms with Gasteiger partial charge in [0.25, 0.3) is 5.91 Å². The number of ether oxygens (including phenoxy) is 1. The number of anilines is 1. The van der Waals surface area contributed by atoms with E-state index >= 15 is 0 Å². The third-order valence-electron chi connectivity index (χ3n) is 4.47. The number of H-pyrrole nitrogens is 1. The van der Waals surface area contributed by atoms with Crippen LogP contribution in [0.15, 0.2) is 53.7 Å². The Bertz CT molecular complexity index is 1020. The number of hydrogen-bond donors (Lipinski definition) is 3. The summed E-state index contributed by atoms with van der Waals surface area (Å²) in [6, 6.07) is 14.6. The molecule has 0 spiro atoms. The summed E-state index contributed by atoms with van der Waals surface area (Å²) in [4.78, 5) is 28.7. The molecule has 3 N–H and O–H groups in total. The van der Waals surface area contributed by atoms with Gasteiger partial charge in [-0.2, -0.15) is 0 Å². The second-order valence-corrected chi connectivity index (χ2v) is 8.03. The molecule has 0 fully saturated rings. The summed E-state index contributed by atoms with van der Waals surface area (Å²) >= 11 is 1.22. The highest BCUT2D eigenvalue weighted by Crippen LogP contribution is 2.18. The van der Waals surface area contributed by atoms with Crippen molar-refractivity contribution in [3.8, 4) is 5.75 Å². The highest BCUT2D eigenvalue weighted by atomic mass is 32.2. The first kappa shape index (κ1) is 22.4. The first-order valence-electron chi connectivity index (χ1n) is 9.80. The summed E-state index contributed by atoms with van der Waals surface area (Å²) in [6.07, 6.45) is 0. The van der Waals surface area contributed by atoms with Crippen molar-refractivity contribution in [2.75, 3.05) is 18.2 Å². The molecule has 1 heterocycles. The molecule has 162 valence electrons. The minimum absolute atomic E-state index is 0.138. The molecule has 8 nitrogen and oxygen atoms in total. The Labute approximate surface area is 185 Å². The third kappa shape index (κ3) is 6.58. The van der Waals surface area contributed by atoms with Crippen molar-refractivity contribution in [1.82, 2.24) is 20.5 Å². The fourth-order valence-electron chi connectivity index (χ4n) is 2.71. The number of nitrogens with one attached hydrogen (secondary N) is 3. The van der Waals surface area contributed by atoms with E-state index in [9.17, 15) is 9.59 Å². The molecule has 0 aliphatic carbocycles. The van der Waals surface area contributed by atoms with Crippen LogP contribution in [0.5, 0.6) is 5.75 Å². The average Bonchev–Trinajstić information content (AvgIpc) is 3.24. The number of rotatable bonds is 9. The van der Waals surface area contributed by atoms with E-state index in [1.54, 1.807) is 31.4 Å². The smallest absolute Gasteiger partial charge is 0.251 e. The van der Waals surface area contributed by atoms with Crippen LogP contribution in [0, 0.1) is 0 Å². The topological polar surface area (TPSA) is 109 Å². The molecule has 0 saturated carbocycles. The summed E-state index contributed by atoms with van der Waals surface area (Å²) < 4.78 is 5.08. The van der Waals surface area contributed by atoms with Gasteiger partial charge < -0.3 is 15.4 Å². The molecular weight excluding hydrogens is 414 g/mol. The van der Waals surface area contributed by atoms with E-state index in [2.05, 4.69) is 39.7 Å². The van der Waals surface area contributed by atoms with Crippen LogP contribution in [-0.4, -0.2) is 39.9 Å². The Kier molecular flexibility index (Phi) is 7.66. The van der Waals surface area contributed by atoms with Gasteiger partial charge in [-0.15, -0.1) is 5.10 Å². The number of nitrogens with zero attached hydrogens (tertiary/aromatic N) is 2. The minimum Gasteiger partial charge on any atom is -0.497 e. The van der Waals surface area contributed by atoms with Gasteiger partial charge in [-0.3, -0.25) is 14.7 Å². The molecule has 0 aliphatic rings. The Morgan fingerprint density at radius 3 is 2.45 bits per heavy atom. The SMILES string of the molecule is COc1ccc(C(=O)NCc2nc(SCC(=O)Nc3ccc(C(C)C)cc3)n[nH]2)cc1. The number of thioether (sulfide) groups is 1. The van der Waals surface area contributed by atoms with Crippen molar-refractivity contribution >= 4 is 29.3 Å². The highest BCUT2D eigenvalue weighted by molar-refractivity contribution is 7.99. The molecule has 3 aromatic rings. The lowest BCUT2D eigenvalue weighted by Gasteiger charge is -2.08. The van der Waals surface area contributed by atoms with Gasteiger partial charge in [0.05, 0.1) is 19.4 Å². The highest BCUT2D eigenvalue weighted by Gasteiger charge is 2.10. The molecule has 0 atom stereocenters. The van der Waals surface area contributed by atoms with Crippen LogP contribution < -0.4 is 15.4 Å². The maximum Gasteiger partial charge on any atom is 0.251 e. The van der Waals surface area contributed by atoms with E-state index in [4.69, 9.17) is 4.74 Å². The van der Waals surface area contributed by atoms with E-state index < -0.39 is 0 Å². The predicted octanol–water partition coefficient (Wildman–Crippen LogP) is 3.60. The molecular formula is C22H25N5O3S. The van der Waals surface area contributed by atoms with Crippen LogP contribution in [0.2, 0.25) is 0 Å². The van der Waals surface area contributed by atoms with E-state index in [1.807, 2.05) is 24.3 Å². The van der Waals surface area contributed by atoms with Crippen molar-refractivity contribution in [2.24, 2.45) is 0 Å². The Morgan fingerprint density at radius 2 is 1.81 bits per heavy atom. The van der Waals surface area contributed by atoms with Crippen LogP contribution in [0.25, 0.3) is 0 Å². The van der Waals surface area contributed by atoms with Gasteiger partial charge in [-0.05, 0) is 47.9 Å². The van der Waals surface area contributed by atoms with Gasteiger partial charge in [-0.1, -0.05) is 37.7 Å². The summed E-state index contributed by atoms with van der Waals surface area (Å²) in [5.41, 5.74) is 2.50. The monoisotopic (exact) mass is 439 g/mol. The second kappa shape index (κ2) is 10.6. The number of methoxy groups -OCH3 is 1. The largest absolute Gasteiger partial charge is 0.497 e. The number of hydrogen-bond acceptors (Lipinski definition) is 6. The van der Waals surface area contributed by atoms with Crippen LogP contribution in [0.4, 0.5) is 5.69 Å². The van der Waals surface area contributed by atoms with Crippen LogP contribution in [0.3, 0.4) is 0 Å². The molecule has 0 saturated heterocycles. The van der Waals surface area contributed by atoms with Gasteiger partial charge in [-0.25, -0.2) is 4.98 Å². The molecule has 0 aliphatic heterocycles. The van der Waals surface area contributed by atoms with Crippen molar-refractivity contribution < 1.29 is 14.3 Å². The predicted molar refractivity (Wildman–Crippen MR) is 120 cm³/mol. The van der Waals surface area contributed by atoms with Gasteiger partial charge in [0.15, 0.2) is 0 Å². The summed E-state index contributed by atoms with van der Waals surface area (Å²) in [6.45, 7) is 4.45. The summed E-state index contributed by atoms with van der Waals surface area (Å²) in [5, 5.41) is 12.9. The van der Waals surface area contributed by atoms with E-state index in [-0.39, 0.29) is 24.1 Å². The normalized spacial score (nSPS) is 10.7. The zero-order valence-corrected chi connectivity index (χ0v) is 18.5. The van der Waals surface area contributed by atoms with Crippen LogP contribution in [-0.2, 0) is 11.3 Å².